The second-order valence-electron chi connectivity index (χ2n) is 4.88. The van der Waals surface area contributed by atoms with Crippen LogP contribution >= 0.6 is 0 Å². The monoisotopic (exact) mass is 250 g/mol. The van der Waals surface area contributed by atoms with Crippen molar-refractivity contribution >= 4 is 5.91 Å². The summed E-state index contributed by atoms with van der Waals surface area (Å²) >= 11 is 0. The number of amides is 1. The first-order chi connectivity index (χ1) is 8.81. The molecule has 18 heavy (non-hydrogen) atoms. The summed E-state index contributed by atoms with van der Waals surface area (Å²) in [5, 5.41) is 3.44. The highest BCUT2D eigenvalue weighted by atomic mass is 16.3. The number of carbonyl (C=O) groups is 1. The molecule has 0 radical (unpaired) electrons. The highest BCUT2D eigenvalue weighted by molar-refractivity contribution is 5.91. The summed E-state index contributed by atoms with van der Waals surface area (Å²) in [6, 6.07) is 3.95. The maximum atomic E-state index is 12.3. The van der Waals surface area contributed by atoms with Crippen LogP contribution in [-0.2, 0) is 0 Å². The van der Waals surface area contributed by atoms with Crippen molar-refractivity contribution in [1.29, 1.82) is 0 Å². The third-order valence-electron chi connectivity index (χ3n) is 3.40. The summed E-state index contributed by atoms with van der Waals surface area (Å²) in [6.07, 6.45) is 6.06. The number of unbranched alkanes of at least 4 members (excludes halogenated alkanes) is 1. The van der Waals surface area contributed by atoms with Crippen LogP contribution < -0.4 is 5.32 Å². The standard InChI is InChI=1S/C14H22N2O2/c1-2-3-9-16(11-12-6-4-8-15-12)14(17)13-7-5-10-18-13/h5,7,10,12,15H,2-4,6,8-9,11H2,1H3. The average molecular weight is 250 g/mol. The number of hydrogen-bond donors (Lipinski definition) is 1. The summed E-state index contributed by atoms with van der Waals surface area (Å²) < 4.78 is 5.21. The minimum Gasteiger partial charge on any atom is -0.459 e. The summed E-state index contributed by atoms with van der Waals surface area (Å²) in [4.78, 5) is 14.2. The van der Waals surface area contributed by atoms with Crippen LogP contribution in [0.15, 0.2) is 22.8 Å². The zero-order chi connectivity index (χ0) is 12.8. The van der Waals surface area contributed by atoms with Gasteiger partial charge in [-0.1, -0.05) is 13.3 Å². The Morgan fingerprint density at radius 1 is 1.61 bits per heavy atom. The number of hydrogen-bond acceptors (Lipinski definition) is 3. The maximum absolute atomic E-state index is 12.3. The summed E-state index contributed by atoms with van der Waals surface area (Å²) in [7, 11) is 0. The molecule has 0 bridgehead atoms. The van der Waals surface area contributed by atoms with Gasteiger partial charge in [-0.2, -0.15) is 0 Å². The molecule has 1 aliphatic heterocycles. The van der Waals surface area contributed by atoms with Gasteiger partial charge in [-0.15, -0.1) is 0 Å². The average Bonchev–Trinajstić information content (AvgIpc) is 3.06. The number of furan rings is 1. The van der Waals surface area contributed by atoms with Crippen LogP contribution in [0, 0.1) is 0 Å². The van der Waals surface area contributed by atoms with Gasteiger partial charge in [0.15, 0.2) is 5.76 Å². The molecule has 2 rings (SSSR count). The Kier molecular flexibility index (Phi) is 4.81. The molecule has 0 aromatic carbocycles. The van der Waals surface area contributed by atoms with E-state index in [1.165, 1.54) is 6.42 Å². The molecule has 0 saturated carbocycles. The van der Waals surface area contributed by atoms with Gasteiger partial charge in [-0.05, 0) is 37.9 Å². The number of nitrogens with zero attached hydrogens (tertiary/aromatic N) is 1. The van der Waals surface area contributed by atoms with Crippen LogP contribution in [0.1, 0.15) is 43.2 Å². The van der Waals surface area contributed by atoms with E-state index in [2.05, 4.69) is 12.2 Å². The van der Waals surface area contributed by atoms with Crippen molar-refractivity contribution in [3.05, 3.63) is 24.2 Å². The Labute approximate surface area is 108 Å². The fourth-order valence-electron chi connectivity index (χ4n) is 2.36. The molecule has 1 atom stereocenters. The minimum absolute atomic E-state index is 0.0159. The molecule has 0 spiro atoms. The van der Waals surface area contributed by atoms with Crippen molar-refractivity contribution < 1.29 is 9.21 Å². The fourth-order valence-corrected chi connectivity index (χ4v) is 2.36. The summed E-state index contributed by atoms with van der Waals surface area (Å²) in [5.74, 6) is 0.464. The van der Waals surface area contributed by atoms with Crippen molar-refractivity contribution in [2.75, 3.05) is 19.6 Å². The maximum Gasteiger partial charge on any atom is 0.289 e. The van der Waals surface area contributed by atoms with E-state index in [1.54, 1.807) is 18.4 Å². The quantitative estimate of drug-likeness (QED) is 0.842. The molecule has 100 valence electrons. The first kappa shape index (κ1) is 13.1. The van der Waals surface area contributed by atoms with Crippen LogP contribution in [0.4, 0.5) is 0 Å². The van der Waals surface area contributed by atoms with Crippen LogP contribution in [0.2, 0.25) is 0 Å². The van der Waals surface area contributed by atoms with Crippen molar-refractivity contribution in [2.45, 2.75) is 38.6 Å². The van der Waals surface area contributed by atoms with Gasteiger partial charge in [0.05, 0.1) is 6.26 Å². The van der Waals surface area contributed by atoms with Crippen LogP contribution in [0.5, 0.6) is 0 Å². The smallest absolute Gasteiger partial charge is 0.289 e. The van der Waals surface area contributed by atoms with Crippen LogP contribution in [0.25, 0.3) is 0 Å². The van der Waals surface area contributed by atoms with Crippen molar-refractivity contribution in [3.8, 4) is 0 Å². The second-order valence-corrected chi connectivity index (χ2v) is 4.88. The molecule has 1 N–H and O–H groups in total. The van der Waals surface area contributed by atoms with Crippen molar-refractivity contribution in [2.24, 2.45) is 0 Å². The Morgan fingerprint density at radius 3 is 3.11 bits per heavy atom. The van der Waals surface area contributed by atoms with Gasteiger partial charge in [0.2, 0.25) is 0 Å². The Hall–Kier alpha value is -1.29. The molecule has 1 fully saturated rings. The molecular formula is C14H22N2O2. The van der Waals surface area contributed by atoms with Crippen molar-refractivity contribution in [3.63, 3.8) is 0 Å². The zero-order valence-corrected chi connectivity index (χ0v) is 11.0. The van der Waals surface area contributed by atoms with Gasteiger partial charge in [0, 0.05) is 19.1 Å². The van der Waals surface area contributed by atoms with Gasteiger partial charge in [0.1, 0.15) is 0 Å². The fraction of sp³-hybridized carbons (Fsp3) is 0.643. The van der Waals surface area contributed by atoms with Gasteiger partial charge in [-0.25, -0.2) is 0 Å². The number of rotatable bonds is 6. The lowest BCUT2D eigenvalue weighted by molar-refractivity contribution is 0.0707. The largest absolute Gasteiger partial charge is 0.459 e. The van der Waals surface area contributed by atoms with Crippen LogP contribution in [-0.4, -0.2) is 36.5 Å². The highest BCUT2D eigenvalue weighted by Crippen LogP contribution is 2.12. The third-order valence-corrected chi connectivity index (χ3v) is 3.40. The van der Waals surface area contributed by atoms with Gasteiger partial charge in [-0.3, -0.25) is 4.79 Å². The predicted molar refractivity (Wildman–Crippen MR) is 70.5 cm³/mol. The second kappa shape index (κ2) is 6.59. The van der Waals surface area contributed by atoms with E-state index in [0.29, 0.717) is 11.8 Å². The molecule has 1 saturated heterocycles. The van der Waals surface area contributed by atoms with E-state index >= 15 is 0 Å². The zero-order valence-electron chi connectivity index (χ0n) is 11.0. The Bertz CT molecular complexity index is 356. The molecular weight excluding hydrogens is 228 g/mol. The molecule has 0 aliphatic carbocycles. The summed E-state index contributed by atoms with van der Waals surface area (Å²) in [6.45, 7) is 4.82. The first-order valence-corrected chi connectivity index (χ1v) is 6.87. The van der Waals surface area contributed by atoms with E-state index in [9.17, 15) is 4.79 Å². The molecule has 1 unspecified atom stereocenters. The van der Waals surface area contributed by atoms with E-state index in [4.69, 9.17) is 4.42 Å². The lowest BCUT2D eigenvalue weighted by Crippen LogP contribution is -2.41. The SMILES string of the molecule is CCCCN(CC1CCCN1)C(=O)c1ccco1. The molecule has 1 aromatic heterocycles. The molecule has 2 heterocycles. The van der Waals surface area contributed by atoms with E-state index < -0.39 is 0 Å². The van der Waals surface area contributed by atoms with E-state index in [1.807, 2.05) is 4.90 Å². The predicted octanol–water partition coefficient (Wildman–Crippen LogP) is 2.27. The molecule has 1 aromatic rings. The molecule has 4 heteroatoms. The molecule has 1 aliphatic rings. The highest BCUT2D eigenvalue weighted by Gasteiger charge is 2.23. The van der Waals surface area contributed by atoms with Crippen LogP contribution in [0.3, 0.4) is 0 Å². The topological polar surface area (TPSA) is 45.5 Å². The first-order valence-electron chi connectivity index (χ1n) is 6.87. The van der Waals surface area contributed by atoms with E-state index in [0.717, 1.165) is 38.9 Å². The van der Waals surface area contributed by atoms with Gasteiger partial charge in [0.25, 0.3) is 5.91 Å². The van der Waals surface area contributed by atoms with E-state index in [-0.39, 0.29) is 5.91 Å². The Balaban J connectivity index is 1.96. The lowest BCUT2D eigenvalue weighted by atomic mass is 10.2. The third kappa shape index (κ3) is 3.35. The Morgan fingerprint density at radius 2 is 2.50 bits per heavy atom. The summed E-state index contributed by atoms with van der Waals surface area (Å²) in [5.41, 5.74) is 0. The molecule has 4 nitrogen and oxygen atoms in total. The number of nitrogens with one attached hydrogen (secondary N) is 1. The minimum atomic E-state index is 0.0159. The van der Waals surface area contributed by atoms with Gasteiger partial charge >= 0.3 is 0 Å². The molecule has 1 amide bonds. The van der Waals surface area contributed by atoms with Gasteiger partial charge < -0.3 is 14.6 Å². The lowest BCUT2D eigenvalue weighted by Gasteiger charge is -2.25. The van der Waals surface area contributed by atoms with Crippen molar-refractivity contribution in [1.82, 2.24) is 10.2 Å². The number of carbonyl (C=O) groups excluding carboxylic acids is 1. The normalized spacial score (nSPS) is 19.1.